The first-order valence-corrected chi connectivity index (χ1v) is 6.05. The van der Waals surface area contributed by atoms with Crippen LogP contribution in [0.2, 0.25) is 5.22 Å². The van der Waals surface area contributed by atoms with E-state index in [0.717, 1.165) is 25.9 Å². The molecule has 1 aliphatic carbocycles. The molecule has 1 amide bonds. The molecule has 1 fully saturated rings. The molecule has 0 aromatic carbocycles. The molecule has 17 heavy (non-hydrogen) atoms. The van der Waals surface area contributed by atoms with Crippen LogP contribution in [0.25, 0.3) is 0 Å². The monoisotopic (exact) mass is 257 g/mol. The van der Waals surface area contributed by atoms with Crippen molar-refractivity contribution in [1.29, 1.82) is 0 Å². The lowest BCUT2D eigenvalue weighted by atomic mass is 10.0. The summed E-state index contributed by atoms with van der Waals surface area (Å²) >= 11 is 5.74. The molecule has 1 saturated carbocycles. The Morgan fingerprint density at radius 2 is 2.41 bits per heavy atom. The van der Waals surface area contributed by atoms with Crippen LogP contribution >= 0.6 is 11.6 Å². The van der Waals surface area contributed by atoms with E-state index < -0.39 is 0 Å². The smallest absolute Gasteiger partial charge is 0.256 e. The highest BCUT2D eigenvalue weighted by molar-refractivity contribution is 6.32. The van der Waals surface area contributed by atoms with Gasteiger partial charge in [0.25, 0.3) is 5.91 Å². The fraction of sp³-hybridized carbons (Fsp3) is 0.583. The van der Waals surface area contributed by atoms with Crippen LogP contribution in [-0.4, -0.2) is 26.2 Å². The molecule has 0 aliphatic heterocycles. The fourth-order valence-electron chi connectivity index (χ4n) is 1.83. The molecule has 1 aromatic heterocycles. The van der Waals surface area contributed by atoms with E-state index in [9.17, 15) is 4.79 Å². The van der Waals surface area contributed by atoms with Crippen LogP contribution in [-0.2, 0) is 4.74 Å². The van der Waals surface area contributed by atoms with Crippen LogP contribution in [0.15, 0.2) is 16.7 Å². The summed E-state index contributed by atoms with van der Waals surface area (Å²) in [6.45, 7) is 1.42. The maximum atomic E-state index is 11.8. The quantitative estimate of drug-likeness (QED) is 0.852. The van der Waals surface area contributed by atoms with Crippen molar-refractivity contribution >= 4 is 17.5 Å². The summed E-state index contributed by atoms with van der Waals surface area (Å²) in [6, 6.07) is 1.58. The van der Waals surface area contributed by atoms with Crippen molar-refractivity contribution in [2.45, 2.75) is 19.3 Å². The Morgan fingerprint density at radius 3 is 2.94 bits per heavy atom. The minimum atomic E-state index is -0.174. The number of ether oxygens (including phenoxy) is 1. The molecule has 0 saturated heterocycles. The van der Waals surface area contributed by atoms with Gasteiger partial charge in [0.05, 0.1) is 11.8 Å². The molecule has 1 aromatic rings. The van der Waals surface area contributed by atoms with Crippen LogP contribution < -0.4 is 5.32 Å². The van der Waals surface area contributed by atoms with Crippen molar-refractivity contribution in [3.8, 4) is 0 Å². The average Bonchev–Trinajstić information content (AvgIpc) is 2.98. The van der Waals surface area contributed by atoms with E-state index in [2.05, 4.69) is 5.32 Å². The van der Waals surface area contributed by atoms with E-state index in [0.29, 0.717) is 12.1 Å². The van der Waals surface area contributed by atoms with Gasteiger partial charge in [-0.3, -0.25) is 4.79 Å². The van der Waals surface area contributed by atoms with Gasteiger partial charge >= 0.3 is 0 Å². The van der Waals surface area contributed by atoms with Crippen molar-refractivity contribution in [3.05, 3.63) is 23.1 Å². The normalized spacial score (nSPS) is 16.8. The highest BCUT2D eigenvalue weighted by atomic mass is 35.5. The third kappa shape index (κ3) is 3.01. The molecule has 5 heteroatoms. The predicted molar refractivity (Wildman–Crippen MR) is 64.2 cm³/mol. The third-order valence-electron chi connectivity index (χ3n) is 3.28. The molecule has 0 unspecified atom stereocenters. The molecule has 0 atom stereocenters. The minimum absolute atomic E-state index is 0.143. The summed E-state index contributed by atoms with van der Waals surface area (Å²) in [5, 5.41) is 3.04. The second-order valence-electron chi connectivity index (χ2n) is 4.53. The molecule has 1 N–H and O–H groups in total. The lowest BCUT2D eigenvalue weighted by Crippen LogP contribution is -2.30. The van der Waals surface area contributed by atoms with Crippen LogP contribution in [0.4, 0.5) is 0 Å². The number of rotatable bonds is 6. The first-order valence-electron chi connectivity index (χ1n) is 5.67. The van der Waals surface area contributed by atoms with Crippen molar-refractivity contribution in [2.24, 2.45) is 5.41 Å². The Morgan fingerprint density at radius 1 is 1.65 bits per heavy atom. The summed E-state index contributed by atoms with van der Waals surface area (Å²) < 4.78 is 9.95. The Bertz CT molecular complexity index is 398. The number of hydrogen-bond acceptors (Lipinski definition) is 3. The van der Waals surface area contributed by atoms with E-state index in [1.807, 2.05) is 0 Å². The number of methoxy groups -OCH3 is 1. The van der Waals surface area contributed by atoms with Gasteiger partial charge in [-0.25, -0.2) is 0 Å². The SMILES string of the molecule is COCCC1(CNC(=O)c2ccoc2Cl)CC1. The van der Waals surface area contributed by atoms with Gasteiger partial charge in [-0.05, 0) is 42.3 Å². The van der Waals surface area contributed by atoms with Crippen molar-refractivity contribution < 1.29 is 13.9 Å². The largest absolute Gasteiger partial charge is 0.452 e. The summed E-state index contributed by atoms with van der Waals surface area (Å²) in [4.78, 5) is 11.8. The van der Waals surface area contributed by atoms with Gasteiger partial charge < -0.3 is 14.5 Å². The van der Waals surface area contributed by atoms with Gasteiger partial charge in [-0.2, -0.15) is 0 Å². The van der Waals surface area contributed by atoms with Gasteiger partial charge in [-0.15, -0.1) is 0 Å². The Hall–Kier alpha value is -1.00. The number of carbonyl (C=O) groups is 1. The number of amides is 1. The zero-order valence-electron chi connectivity index (χ0n) is 9.79. The van der Waals surface area contributed by atoms with E-state index in [1.165, 1.54) is 6.26 Å². The number of furan rings is 1. The van der Waals surface area contributed by atoms with Gasteiger partial charge in [0.15, 0.2) is 0 Å². The Kier molecular flexibility index (Phi) is 3.74. The topological polar surface area (TPSA) is 51.5 Å². The second-order valence-corrected chi connectivity index (χ2v) is 4.88. The summed E-state index contributed by atoms with van der Waals surface area (Å²) in [5.41, 5.74) is 0.635. The minimum Gasteiger partial charge on any atom is -0.452 e. The number of hydrogen-bond donors (Lipinski definition) is 1. The van der Waals surface area contributed by atoms with Gasteiger partial charge in [0, 0.05) is 20.3 Å². The molecule has 1 aliphatic rings. The molecule has 2 rings (SSSR count). The predicted octanol–water partition coefficient (Wildman–Crippen LogP) is 2.48. The maximum absolute atomic E-state index is 11.8. The number of nitrogens with one attached hydrogen (secondary N) is 1. The first-order chi connectivity index (χ1) is 8.17. The molecule has 1 heterocycles. The zero-order valence-corrected chi connectivity index (χ0v) is 10.5. The van der Waals surface area contributed by atoms with Crippen LogP contribution in [0, 0.1) is 5.41 Å². The Balaban J connectivity index is 1.83. The number of carbonyl (C=O) groups excluding carboxylic acids is 1. The molecular weight excluding hydrogens is 242 g/mol. The molecular formula is C12H16ClNO3. The Labute approximate surface area is 105 Å². The van der Waals surface area contributed by atoms with E-state index in [-0.39, 0.29) is 16.5 Å². The summed E-state index contributed by atoms with van der Waals surface area (Å²) in [7, 11) is 1.69. The molecule has 0 bridgehead atoms. The van der Waals surface area contributed by atoms with Crippen molar-refractivity contribution in [2.75, 3.05) is 20.3 Å². The van der Waals surface area contributed by atoms with Gasteiger partial charge in [-0.1, -0.05) is 0 Å². The highest BCUT2D eigenvalue weighted by Crippen LogP contribution is 2.48. The van der Waals surface area contributed by atoms with Crippen molar-refractivity contribution in [3.63, 3.8) is 0 Å². The summed E-state index contributed by atoms with van der Waals surface area (Å²) in [5.74, 6) is -0.174. The van der Waals surface area contributed by atoms with Crippen LogP contribution in [0.1, 0.15) is 29.6 Å². The van der Waals surface area contributed by atoms with E-state index in [4.69, 9.17) is 20.8 Å². The highest BCUT2D eigenvalue weighted by Gasteiger charge is 2.42. The van der Waals surface area contributed by atoms with Gasteiger partial charge in [0.1, 0.15) is 0 Å². The standard InChI is InChI=1S/C12H16ClNO3/c1-16-7-5-12(3-4-12)8-14-11(15)9-2-6-17-10(9)13/h2,6H,3-5,7-8H2,1H3,(H,14,15). The average molecular weight is 258 g/mol. The fourth-order valence-corrected chi connectivity index (χ4v) is 2.03. The lowest BCUT2D eigenvalue weighted by Gasteiger charge is -2.15. The van der Waals surface area contributed by atoms with Gasteiger partial charge in [0.2, 0.25) is 5.22 Å². The van der Waals surface area contributed by atoms with E-state index in [1.54, 1.807) is 13.2 Å². The first kappa shape index (κ1) is 12.5. The van der Waals surface area contributed by atoms with Crippen molar-refractivity contribution in [1.82, 2.24) is 5.32 Å². The molecule has 94 valence electrons. The van der Waals surface area contributed by atoms with Crippen LogP contribution in [0.3, 0.4) is 0 Å². The maximum Gasteiger partial charge on any atom is 0.256 e. The summed E-state index contributed by atoms with van der Waals surface area (Å²) in [6.07, 6.45) is 4.70. The second kappa shape index (κ2) is 5.10. The van der Waals surface area contributed by atoms with E-state index >= 15 is 0 Å². The zero-order chi connectivity index (χ0) is 12.3. The number of halogens is 1. The molecule has 0 spiro atoms. The molecule has 4 nitrogen and oxygen atoms in total. The third-order valence-corrected chi connectivity index (χ3v) is 3.57. The lowest BCUT2D eigenvalue weighted by molar-refractivity contribution is 0.0937. The molecule has 0 radical (unpaired) electrons. The van der Waals surface area contributed by atoms with Crippen LogP contribution in [0.5, 0.6) is 0 Å².